The Morgan fingerprint density at radius 1 is 1.09 bits per heavy atom. The number of benzene rings is 2. The first-order valence-electron chi connectivity index (χ1n) is 6.70. The molecule has 0 spiro atoms. The molecule has 3 N–H and O–H groups in total. The van der Waals surface area contributed by atoms with Crippen molar-refractivity contribution in [2.24, 2.45) is 0 Å². The largest absolute Gasteiger partial charge is 0.473 e. The standard InChI is InChI=1S/C16H17N3O3/c1-12(20)19(14-9-7-13(17)8-10-14)16(21)18-11-22-15-5-3-2-4-6-15/h2-10H,11,17H2,1H3,(H,18,21). The van der Waals surface area contributed by atoms with Gasteiger partial charge in [0.1, 0.15) is 5.75 Å². The number of amides is 3. The van der Waals surface area contributed by atoms with Crippen molar-refractivity contribution >= 4 is 23.3 Å². The van der Waals surface area contributed by atoms with E-state index in [9.17, 15) is 9.59 Å². The van der Waals surface area contributed by atoms with Crippen LogP contribution in [0, 0.1) is 0 Å². The Balaban J connectivity index is 1.98. The molecular weight excluding hydrogens is 282 g/mol. The zero-order valence-electron chi connectivity index (χ0n) is 12.2. The molecule has 0 saturated carbocycles. The number of imide groups is 1. The highest BCUT2D eigenvalue weighted by atomic mass is 16.5. The molecule has 2 rings (SSSR count). The number of urea groups is 1. The van der Waals surface area contributed by atoms with E-state index in [4.69, 9.17) is 10.5 Å². The van der Waals surface area contributed by atoms with E-state index in [-0.39, 0.29) is 6.73 Å². The van der Waals surface area contributed by atoms with Crippen LogP contribution in [0.25, 0.3) is 0 Å². The van der Waals surface area contributed by atoms with Gasteiger partial charge in [-0.15, -0.1) is 0 Å². The number of nitrogens with two attached hydrogens (primary N) is 1. The van der Waals surface area contributed by atoms with Crippen molar-refractivity contribution in [2.45, 2.75) is 6.92 Å². The van der Waals surface area contributed by atoms with Crippen LogP contribution in [-0.4, -0.2) is 18.7 Å². The molecule has 22 heavy (non-hydrogen) atoms. The van der Waals surface area contributed by atoms with Crippen LogP contribution in [0.4, 0.5) is 16.2 Å². The molecular formula is C16H17N3O3. The van der Waals surface area contributed by atoms with E-state index < -0.39 is 11.9 Å². The van der Waals surface area contributed by atoms with Crippen LogP contribution in [0.5, 0.6) is 5.75 Å². The van der Waals surface area contributed by atoms with Crippen molar-refractivity contribution in [2.75, 3.05) is 17.4 Å². The first kappa shape index (κ1) is 15.4. The van der Waals surface area contributed by atoms with Crippen LogP contribution in [0.2, 0.25) is 0 Å². The summed E-state index contributed by atoms with van der Waals surface area (Å²) >= 11 is 0. The molecule has 6 nitrogen and oxygen atoms in total. The second kappa shape index (κ2) is 7.12. The average Bonchev–Trinajstić information content (AvgIpc) is 2.50. The lowest BCUT2D eigenvalue weighted by atomic mass is 10.2. The minimum absolute atomic E-state index is 0.0401. The van der Waals surface area contributed by atoms with Gasteiger partial charge < -0.3 is 15.8 Å². The summed E-state index contributed by atoms with van der Waals surface area (Å²) < 4.78 is 5.37. The highest BCUT2D eigenvalue weighted by Gasteiger charge is 2.19. The minimum atomic E-state index is -0.562. The lowest BCUT2D eigenvalue weighted by Gasteiger charge is -2.20. The number of nitrogens with one attached hydrogen (secondary N) is 1. The Morgan fingerprint density at radius 3 is 2.32 bits per heavy atom. The zero-order valence-corrected chi connectivity index (χ0v) is 12.2. The van der Waals surface area contributed by atoms with Gasteiger partial charge in [-0.1, -0.05) is 18.2 Å². The maximum atomic E-state index is 12.1. The van der Waals surface area contributed by atoms with E-state index in [1.54, 1.807) is 36.4 Å². The van der Waals surface area contributed by atoms with Gasteiger partial charge in [-0.2, -0.15) is 0 Å². The van der Waals surface area contributed by atoms with Crippen molar-refractivity contribution in [3.63, 3.8) is 0 Å². The summed E-state index contributed by atoms with van der Waals surface area (Å²) in [5.74, 6) is 0.228. The molecule has 0 saturated heterocycles. The Bertz CT molecular complexity index is 641. The lowest BCUT2D eigenvalue weighted by Crippen LogP contribution is -2.44. The van der Waals surface area contributed by atoms with Gasteiger partial charge in [0.15, 0.2) is 6.73 Å². The van der Waals surface area contributed by atoms with E-state index in [0.29, 0.717) is 17.1 Å². The molecule has 0 heterocycles. The molecule has 0 unspecified atom stereocenters. The molecule has 114 valence electrons. The third-order valence-corrected chi connectivity index (χ3v) is 2.87. The van der Waals surface area contributed by atoms with Gasteiger partial charge >= 0.3 is 6.03 Å². The number of para-hydroxylation sites is 1. The third-order valence-electron chi connectivity index (χ3n) is 2.87. The molecule has 0 atom stereocenters. The quantitative estimate of drug-likeness (QED) is 0.670. The second-order valence-electron chi connectivity index (χ2n) is 4.53. The normalized spacial score (nSPS) is 9.86. The topological polar surface area (TPSA) is 84.7 Å². The minimum Gasteiger partial charge on any atom is -0.473 e. The van der Waals surface area contributed by atoms with Gasteiger partial charge in [0.05, 0.1) is 5.69 Å². The highest BCUT2D eigenvalue weighted by molar-refractivity contribution is 6.13. The van der Waals surface area contributed by atoms with Gasteiger partial charge in [-0.05, 0) is 36.4 Å². The fourth-order valence-corrected chi connectivity index (χ4v) is 1.84. The van der Waals surface area contributed by atoms with Crippen molar-refractivity contribution < 1.29 is 14.3 Å². The molecule has 0 aliphatic rings. The first-order valence-corrected chi connectivity index (χ1v) is 6.70. The number of ether oxygens (including phenoxy) is 1. The Morgan fingerprint density at radius 2 is 1.73 bits per heavy atom. The van der Waals surface area contributed by atoms with Crippen LogP contribution in [-0.2, 0) is 4.79 Å². The van der Waals surface area contributed by atoms with E-state index in [1.807, 2.05) is 18.2 Å². The molecule has 0 aliphatic carbocycles. The molecule has 0 radical (unpaired) electrons. The summed E-state index contributed by atoms with van der Waals surface area (Å²) in [5.41, 5.74) is 6.60. The van der Waals surface area contributed by atoms with Crippen molar-refractivity contribution in [1.82, 2.24) is 5.32 Å². The Labute approximate surface area is 128 Å². The highest BCUT2D eigenvalue weighted by Crippen LogP contribution is 2.16. The van der Waals surface area contributed by atoms with Crippen molar-refractivity contribution in [3.05, 3.63) is 54.6 Å². The number of hydrogen-bond acceptors (Lipinski definition) is 4. The lowest BCUT2D eigenvalue weighted by molar-refractivity contribution is -0.115. The van der Waals surface area contributed by atoms with Gasteiger partial charge in [0, 0.05) is 12.6 Å². The van der Waals surface area contributed by atoms with E-state index >= 15 is 0 Å². The summed E-state index contributed by atoms with van der Waals surface area (Å²) in [6.45, 7) is 1.27. The smallest absolute Gasteiger partial charge is 0.331 e. The first-order chi connectivity index (χ1) is 10.6. The summed E-state index contributed by atoms with van der Waals surface area (Å²) in [7, 11) is 0. The van der Waals surface area contributed by atoms with Gasteiger partial charge in [0.2, 0.25) is 5.91 Å². The number of rotatable bonds is 4. The molecule has 0 bridgehead atoms. The molecule has 2 aromatic rings. The van der Waals surface area contributed by atoms with Crippen LogP contribution < -0.4 is 20.7 Å². The van der Waals surface area contributed by atoms with E-state index in [2.05, 4.69) is 5.32 Å². The van der Waals surface area contributed by atoms with E-state index in [0.717, 1.165) is 4.90 Å². The number of hydrogen-bond donors (Lipinski definition) is 2. The summed E-state index contributed by atoms with van der Waals surface area (Å²) in [6, 6.07) is 15.0. The molecule has 0 aliphatic heterocycles. The summed E-state index contributed by atoms with van der Waals surface area (Å²) in [4.78, 5) is 24.9. The Hall–Kier alpha value is -3.02. The number of carbonyl (C=O) groups excluding carboxylic acids is 2. The fourth-order valence-electron chi connectivity index (χ4n) is 1.84. The Kier molecular flexibility index (Phi) is 4.98. The molecule has 6 heteroatoms. The van der Waals surface area contributed by atoms with Gasteiger partial charge in [0.25, 0.3) is 0 Å². The monoisotopic (exact) mass is 299 g/mol. The summed E-state index contributed by atoms with van der Waals surface area (Å²) in [6.07, 6.45) is 0. The van der Waals surface area contributed by atoms with Crippen LogP contribution in [0.15, 0.2) is 54.6 Å². The third kappa shape index (κ3) is 3.99. The average molecular weight is 299 g/mol. The number of nitrogen functional groups attached to an aromatic ring is 1. The van der Waals surface area contributed by atoms with Gasteiger partial charge in [-0.25, -0.2) is 9.69 Å². The predicted octanol–water partition coefficient (Wildman–Crippen LogP) is 2.37. The molecule has 0 fully saturated rings. The zero-order chi connectivity index (χ0) is 15.9. The second-order valence-corrected chi connectivity index (χ2v) is 4.53. The van der Waals surface area contributed by atoms with E-state index in [1.165, 1.54) is 6.92 Å². The predicted molar refractivity (Wildman–Crippen MR) is 84.5 cm³/mol. The molecule has 0 aromatic heterocycles. The molecule has 3 amide bonds. The fraction of sp³-hybridized carbons (Fsp3) is 0.125. The van der Waals surface area contributed by atoms with Crippen LogP contribution in [0.1, 0.15) is 6.92 Å². The number of carbonyl (C=O) groups is 2. The van der Waals surface area contributed by atoms with Crippen LogP contribution >= 0.6 is 0 Å². The van der Waals surface area contributed by atoms with Crippen molar-refractivity contribution in [1.29, 1.82) is 0 Å². The SMILES string of the molecule is CC(=O)N(C(=O)NCOc1ccccc1)c1ccc(N)cc1. The number of nitrogens with zero attached hydrogens (tertiary/aromatic N) is 1. The van der Waals surface area contributed by atoms with Crippen molar-refractivity contribution in [3.8, 4) is 5.75 Å². The van der Waals surface area contributed by atoms with Crippen LogP contribution in [0.3, 0.4) is 0 Å². The summed E-state index contributed by atoms with van der Waals surface area (Å²) in [5, 5.41) is 2.54. The molecule has 2 aromatic carbocycles. The maximum Gasteiger partial charge on any atom is 0.331 e. The van der Waals surface area contributed by atoms with Gasteiger partial charge in [-0.3, -0.25) is 4.79 Å². The number of anilines is 2. The maximum absolute atomic E-state index is 12.1.